The Kier molecular flexibility index (Phi) is 2.66. The number of aromatic nitrogens is 3. The molecule has 0 aromatic carbocycles. The first kappa shape index (κ1) is 10.1. The molecule has 0 aliphatic rings. The smallest absolute Gasteiger partial charge is 0.163 e. The third kappa shape index (κ3) is 1.98. The highest BCUT2D eigenvalue weighted by atomic mass is 35.5. The summed E-state index contributed by atoms with van der Waals surface area (Å²) in [6.45, 7) is 0. The van der Waals surface area contributed by atoms with E-state index in [0.717, 1.165) is 0 Å². The lowest BCUT2D eigenvalue weighted by Crippen LogP contribution is -2.14. The van der Waals surface area contributed by atoms with Crippen LogP contribution in [0.3, 0.4) is 0 Å². The molecule has 6 heteroatoms. The van der Waals surface area contributed by atoms with E-state index < -0.39 is 0 Å². The van der Waals surface area contributed by atoms with Gasteiger partial charge in [0.25, 0.3) is 0 Å². The zero-order chi connectivity index (χ0) is 10.8. The lowest BCUT2D eigenvalue weighted by molar-refractivity contribution is 0.845. The second kappa shape index (κ2) is 3.96. The molecule has 0 spiro atoms. The maximum absolute atomic E-state index is 5.77. The fourth-order valence-corrected chi connectivity index (χ4v) is 1.48. The second-order valence-electron chi connectivity index (χ2n) is 2.84. The molecule has 0 radical (unpaired) electrons. The summed E-state index contributed by atoms with van der Waals surface area (Å²) in [7, 11) is 0. The summed E-state index contributed by atoms with van der Waals surface area (Å²) in [5, 5.41) is 4.57. The molecule has 2 heterocycles. The maximum Gasteiger partial charge on any atom is 0.163 e. The molecule has 0 saturated heterocycles. The predicted octanol–water partition coefficient (Wildman–Crippen LogP) is 1.55. The molecule has 2 aromatic rings. The molecule has 0 saturated carbocycles. The molecule has 0 fully saturated rings. The molecule has 0 unspecified atom stereocenters. The van der Waals surface area contributed by atoms with Crippen molar-refractivity contribution in [1.82, 2.24) is 14.8 Å². The zero-order valence-electron chi connectivity index (χ0n) is 7.59. The van der Waals surface area contributed by atoms with Gasteiger partial charge in [-0.25, -0.2) is 9.67 Å². The van der Waals surface area contributed by atoms with E-state index in [-0.39, 0.29) is 4.99 Å². The van der Waals surface area contributed by atoms with Gasteiger partial charge in [0.2, 0.25) is 0 Å². The highest BCUT2D eigenvalue weighted by Gasteiger charge is 2.08. The van der Waals surface area contributed by atoms with Crippen molar-refractivity contribution in [2.75, 3.05) is 0 Å². The average Bonchev–Trinajstić information content (AvgIpc) is 2.65. The van der Waals surface area contributed by atoms with Gasteiger partial charge in [-0.1, -0.05) is 23.8 Å². The molecular formula is C9H7ClN4S. The monoisotopic (exact) mass is 238 g/mol. The van der Waals surface area contributed by atoms with Crippen molar-refractivity contribution < 1.29 is 0 Å². The van der Waals surface area contributed by atoms with Gasteiger partial charge in [-0.3, -0.25) is 0 Å². The Balaban J connectivity index is 2.57. The fraction of sp³-hybridized carbons (Fsp3) is 0. The van der Waals surface area contributed by atoms with E-state index >= 15 is 0 Å². The number of halogens is 1. The van der Waals surface area contributed by atoms with Crippen molar-refractivity contribution in [3.05, 3.63) is 41.3 Å². The van der Waals surface area contributed by atoms with Crippen molar-refractivity contribution in [3.63, 3.8) is 0 Å². The number of nitrogens with zero attached hydrogens (tertiary/aromatic N) is 3. The Morgan fingerprint density at radius 3 is 2.93 bits per heavy atom. The molecule has 2 N–H and O–H groups in total. The van der Waals surface area contributed by atoms with Crippen LogP contribution in [0.5, 0.6) is 0 Å². The van der Waals surface area contributed by atoms with Gasteiger partial charge in [0.05, 0.1) is 23.0 Å². The van der Waals surface area contributed by atoms with Crippen molar-refractivity contribution in [1.29, 1.82) is 0 Å². The first-order chi connectivity index (χ1) is 7.18. The Bertz CT molecular complexity index is 508. The minimum absolute atomic E-state index is 0.282. The number of rotatable bonds is 2. The van der Waals surface area contributed by atoms with Crippen LogP contribution in [-0.4, -0.2) is 19.8 Å². The molecule has 0 aliphatic carbocycles. The van der Waals surface area contributed by atoms with E-state index in [1.54, 1.807) is 24.5 Å². The normalized spacial score (nSPS) is 10.2. The summed E-state index contributed by atoms with van der Waals surface area (Å²) in [6.07, 6.45) is 4.82. The van der Waals surface area contributed by atoms with Crippen LogP contribution in [0.4, 0.5) is 0 Å². The molecule has 0 amide bonds. The Morgan fingerprint density at radius 2 is 2.33 bits per heavy atom. The molecule has 0 atom stereocenters. The van der Waals surface area contributed by atoms with Gasteiger partial charge in [0.15, 0.2) is 5.82 Å². The third-order valence-corrected chi connectivity index (χ3v) is 2.24. The topological polar surface area (TPSA) is 56.7 Å². The summed E-state index contributed by atoms with van der Waals surface area (Å²) in [6, 6.07) is 3.56. The predicted molar refractivity (Wildman–Crippen MR) is 62.3 cm³/mol. The number of pyridine rings is 1. The average molecular weight is 239 g/mol. The van der Waals surface area contributed by atoms with Gasteiger partial charge in [-0.15, -0.1) is 0 Å². The summed E-state index contributed by atoms with van der Waals surface area (Å²) in [4.78, 5) is 4.44. The Morgan fingerprint density at radius 1 is 1.53 bits per heavy atom. The SMILES string of the molecule is NC(=S)c1cccnc1-n1cc(Cl)cn1. The standard InChI is InChI=1S/C9H7ClN4S/c10-6-4-13-14(5-6)9-7(8(11)15)2-1-3-12-9/h1-5H,(H2,11,15). The molecule has 0 bridgehead atoms. The molecular weight excluding hydrogens is 232 g/mol. The summed E-state index contributed by atoms with van der Waals surface area (Å²) < 4.78 is 1.54. The van der Waals surface area contributed by atoms with Crippen LogP contribution in [0.1, 0.15) is 5.56 Å². The van der Waals surface area contributed by atoms with Gasteiger partial charge in [-0.2, -0.15) is 5.10 Å². The van der Waals surface area contributed by atoms with E-state index in [4.69, 9.17) is 29.6 Å². The van der Waals surface area contributed by atoms with Crippen molar-refractivity contribution >= 4 is 28.8 Å². The maximum atomic E-state index is 5.77. The van der Waals surface area contributed by atoms with Gasteiger partial charge in [-0.05, 0) is 12.1 Å². The van der Waals surface area contributed by atoms with Crippen LogP contribution in [0, 0.1) is 0 Å². The first-order valence-electron chi connectivity index (χ1n) is 4.14. The van der Waals surface area contributed by atoms with Crippen LogP contribution in [0.25, 0.3) is 5.82 Å². The van der Waals surface area contributed by atoms with Gasteiger partial charge >= 0.3 is 0 Å². The van der Waals surface area contributed by atoms with Crippen LogP contribution in [0.2, 0.25) is 5.02 Å². The van der Waals surface area contributed by atoms with Crippen LogP contribution < -0.4 is 5.73 Å². The molecule has 2 aromatic heterocycles. The van der Waals surface area contributed by atoms with Crippen LogP contribution in [0.15, 0.2) is 30.7 Å². The van der Waals surface area contributed by atoms with Crippen molar-refractivity contribution in [2.24, 2.45) is 5.73 Å². The van der Waals surface area contributed by atoms with E-state index in [1.807, 2.05) is 0 Å². The third-order valence-electron chi connectivity index (χ3n) is 1.82. The number of hydrogen-bond acceptors (Lipinski definition) is 3. The van der Waals surface area contributed by atoms with E-state index in [0.29, 0.717) is 16.4 Å². The molecule has 4 nitrogen and oxygen atoms in total. The van der Waals surface area contributed by atoms with E-state index in [1.165, 1.54) is 10.9 Å². The molecule has 0 aliphatic heterocycles. The number of hydrogen-bond donors (Lipinski definition) is 1. The summed E-state index contributed by atoms with van der Waals surface area (Å²) in [5.74, 6) is 0.580. The largest absolute Gasteiger partial charge is 0.389 e. The van der Waals surface area contributed by atoms with Gasteiger partial charge in [0.1, 0.15) is 4.99 Å². The quantitative estimate of drug-likeness (QED) is 0.807. The molecule has 2 rings (SSSR count). The lowest BCUT2D eigenvalue weighted by Gasteiger charge is -2.05. The molecule has 76 valence electrons. The van der Waals surface area contributed by atoms with Crippen molar-refractivity contribution in [3.8, 4) is 5.82 Å². The molecule has 15 heavy (non-hydrogen) atoms. The highest BCUT2D eigenvalue weighted by Crippen LogP contribution is 2.13. The zero-order valence-corrected chi connectivity index (χ0v) is 9.16. The summed E-state index contributed by atoms with van der Waals surface area (Å²) >= 11 is 10.7. The second-order valence-corrected chi connectivity index (χ2v) is 3.72. The van der Waals surface area contributed by atoms with Crippen LogP contribution >= 0.6 is 23.8 Å². The minimum atomic E-state index is 0.282. The highest BCUT2D eigenvalue weighted by molar-refractivity contribution is 7.80. The fourth-order valence-electron chi connectivity index (χ4n) is 1.19. The van der Waals surface area contributed by atoms with Crippen LogP contribution in [-0.2, 0) is 0 Å². The van der Waals surface area contributed by atoms with Gasteiger partial charge in [0, 0.05) is 6.20 Å². The number of thiocarbonyl (C=S) groups is 1. The summed E-state index contributed by atoms with van der Waals surface area (Å²) in [5.41, 5.74) is 6.25. The minimum Gasteiger partial charge on any atom is -0.389 e. The van der Waals surface area contributed by atoms with Gasteiger partial charge < -0.3 is 5.73 Å². The Labute approximate surface area is 96.7 Å². The Hall–Kier alpha value is -1.46. The van der Waals surface area contributed by atoms with Crippen molar-refractivity contribution in [2.45, 2.75) is 0 Å². The number of nitrogens with two attached hydrogens (primary N) is 1. The first-order valence-corrected chi connectivity index (χ1v) is 4.92. The van der Waals surface area contributed by atoms with E-state index in [2.05, 4.69) is 10.1 Å². The van der Waals surface area contributed by atoms with E-state index in [9.17, 15) is 0 Å². The lowest BCUT2D eigenvalue weighted by atomic mass is 10.2.